The van der Waals surface area contributed by atoms with Gasteiger partial charge in [0.1, 0.15) is 17.3 Å². The molecule has 0 saturated carbocycles. The van der Waals surface area contributed by atoms with Crippen LogP contribution in [-0.4, -0.2) is 36.6 Å². The molecular formula is C19H26N4O3. The second kappa shape index (κ2) is 9.03. The second-order valence-corrected chi connectivity index (χ2v) is 6.32. The van der Waals surface area contributed by atoms with Crippen molar-refractivity contribution in [1.82, 2.24) is 9.97 Å². The minimum atomic E-state index is -0.311. The van der Waals surface area contributed by atoms with Crippen LogP contribution in [0.3, 0.4) is 0 Å². The van der Waals surface area contributed by atoms with E-state index >= 15 is 0 Å². The lowest BCUT2D eigenvalue weighted by molar-refractivity contribution is 0.102. The Labute approximate surface area is 154 Å². The number of anilines is 2. The van der Waals surface area contributed by atoms with Crippen molar-refractivity contribution in [1.29, 1.82) is 0 Å². The molecule has 0 bridgehead atoms. The van der Waals surface area contributed by atoms with E-state index in [4.69, 9.17) is 9.47 Å². The first-order chi connectivity index (χ1) is 12.4. The van der Waals surface area contributed by atoms with Gasteiger partial charge in [0.15, 0.2) is 11.5 Å². The summed E-state index contributed by atoms with van der Waals surface area (Å²) in [6.45, 7) is 6.88. The predicted molar refractivity (Wildman–Crippen MR) is 102 cm³/mol. The maximum absolute atomic E-state index is 12.6. The maximum atomic E-state index is 12.6. The fourth-order valence-corrected chi connectivity index (χ4v) is 2.37. The Balaban J connectivity index is 2.12. The summed E-state index contributed by atoms with van der Waals surface area (Å²) in [5.74, 6) is 2.61. The zero-order chi connectivity index (χ0) is 19.1. The molecule has 2 N–H and O–H groups in total. The van der Waals surface area contributed by atoms with Gasteiger partial charge in [0, 0.05) is 24.4 Å². The number of carbonyl (C=O) groups is 1. The molecule has 0 fully saturated rings. The van der Waals surface area contributed by atoms with Crippen LogP contribution in [0.4, 0.5) is 11.5 Å². The average molecular weight is 358 g/mol. The summed E-state index contributed by atoms with van der Waals surface area (Å²) in [5, 5.41) is 6.06. The highest BCUT2D eigenvalue weighted by Crippen LogP contribution is 2.29. The molecule has 2 rings (SSSR count). The van der Waals surface area contributed by atoms with E-state index in [0.717, 1.165) is 13.0 Å². The molecule has 140 valence electrons. The highest BCUT2D eigenvalue weighted by atomic mass is 16.5. The third-order valence-electron chi connectivity index (χ3n) is 3.74. The smallest absolute Gasteiger partial charge is 0.274 e. The molecule has 2 aromatic rings. The van der Waals surface area contributed by atoms with Crippen molar-refractivity contribution >= 4 is 17.4 Å². The molecule has 0 radical (unpaired) electrons. The van der Waals surface area contributed by atoms with E-state index in [0.29, 0.717) is 40.4 Å². The lowest BCUT2D eigenvalue weighted by Crippen LogP contribution is -2.16. The first-order valence-electron chi connectivity index (χ1n) is 8.56. The van der Waals surface area contributed by atoms with Crippen LogP contribution in [0.1, 0.15) is 36.6 Å². The van der Waals surface area contributed by atoms with E-state index in [-0.39, 0.29) is 5.91 Å². The SMILES string of the molecule is COc1ccc(NC(=O)c2cc(NCCC(C)C)nc(C)n2)cc1OC. The number of aromatic nitrogens is 2. The molecule has 0 spiro atoms. The van der Waals surface area contributed by atoms with E-state index in [1.165, 1.54) is 0 Å². The van der Waals surface area contributed by atoms with Gasteiger partial charge in [-0.1, -0.05) is 13.8 Å². The molecule has 0 saturated heterocycles. The van der Waals surface area contributed by atoms with Crippen molar-refractivity contribution in [3.63, 3.8) is 0 Å². The van der Waals surface area contributed by atoms with Crippen LogP contribution in [-0.2, 0) is 0 Å². The lowest BCUT2D eigenvalue weighted by atomic mass is 10.1. The van der Waals surface area contributed by atoms with Gasteiger partial charge < -0.3 is 20.1 Å². The van der Waals surface area contributed by atoms with Gasteiger partial charge in [-0.05, 0) is 31.4 Å². The second-order valence-electron chi connectivity index (χ2n) is 6.32. The molecule has 0 aliphatic heterocycles. The summed E-state index contributed by atoms with van der Waals surface area (Å²) < 4.78 is 10.5. The number of amides is 1. The van der Waals surface area contributed by atoms with E-state index < -0.39 is 0 Å². The van der Waals surface area contributed by atoms with E-state index in [1.807, 2.05) is 0 Å². The Hall–Kier alpha value is -2.83. The number of methoxy groups -OCH3 is 2. The standard InChI is InChI=1S/C19H26N4O3/c1-12(2)8-9-20-18-11-15(21-13(3)22-18)19(24)23-14-6-7-16(25-4)17(10-14)26-5/h6-7,10-12H,8-9H2,1-5H3,(H,23,24)(H,20,21,22). The molecule has 0 aliphatic rings. The first kappa shape index (κ1) is 19.5. The van der Waals surface area contributed by atoms with Gasteiger partial charge in [0.05, 0.1) is 14.2 Å². The molecule has 1 amide bonds. The van der Waals surface area contributed by atoms with Crippen LogP contribution >= 0.6 is 0 Å². The van der Waals surface area contributed by atoms with Gasteiger partial charge in [0.2, 0.25) is 0 Å². The van der Waals surface area contributed by atoms with Crippen LogP contribution in [0, 0.1) is 12.8 Å². The summed E-state index contributed by atoms with van der Waals surface area (Å²) in [6, 6.07) is 6.84. The zero-order valence-electron chi connectivity index (χ0n) is 15.9. The first-order valence-corrected chi connectivity index (χ1v) is 8.56. The monoisotopic (exact) mass is 358 g/mol. The number of hydrogen-bond donors (Lipinski definition) is 2. The molecule has 0 atom stereocenters. The molecule has 26 heavy (non-hydrogen) atoms. The van der Waals surface area contributed by atoms with Crippen LogP contribution in [0.25, 0.3) is 0 Å². The molecule has 0 unspecified atom stereocenters. The van der Waals surface area contributed by atoms with Gasteiger partial charge in [-0.3, -0.25) is 4.79 Å². The Morgan fingerprint density at radius 3 is 2.50 bits per heavy atom. The maximum Gasteiger partial charge on any atom is 0.274 e. The molecule has 1 aromatic heterocycles. The van der Waals surface area contributed by atoms with Gasteiger partial charge >= 0.3 is 0 Å². The van der Waals surface area contributed by atoms with Gasteiger partial charge in [-0.25, -0.2) is 9.97 Å². The highest BCUT2D eigenvalue weighted by Gasteiger charge is 2.13. The quantitative estimate of drug-likeness (QED) is 0.751. The number of hydrogen-bond acceptors (Lipinski definition) is 6. The minimum absolute atomic E-state index is 0.305. The number of nitrogens with zero attached hydrogens (tertiary/aromatic N) is 2. The topological polar surface area (TPSA) is 85.4 Å². The van der Waals surface area contributed by atoms with Crippen molar-refractivity contribution in [3.05, 3.63) is 35.8 Å². The summed E-state index contributed by atoms with van der Waals surface area (Å²) in [5.41, 5.74) is 0.901. The van der Waals surface area contributed by atoms with Gasteiger partial charge in [-0.15, -0.1) is 0 Å². The van der Waals surface area contributed by atoms with Crippen molar-refractivity contribution in [2.24, 2.45) is 5.92 Å². The summed E-state index contributed by atoms with van der Waals surface area (Å²) in [4.78, 5) is 21.1. The fourth-order valence-electron chi connectivity index (χ4n) is 2.37. The van der Waals surface area contributed by atoms with Crippen LogP contribution < -0.4 is 20.1 Å². The lowest BCUT2D eigenvalue weighted by Gasteiger charge is -2.12. The molecule has 1 heterocycles. The number of ether oxygens (including phenoxy) is 2. The van der Waals surface area contributed by atoms with Gasteiger partial charge in [-0.2, -0.15) is 0 Å². The zero-order valence-corrected chi connectivity index (χ0v) is 15.9. The summed E-state index contributed by atoms with van der Waals surface area (Å²) >= 11 is 0. The third-order valence-corrected chi connectivity index (χ3v) is 3.74. The number of aryl methyl sites for hydroxylation is 1. The van der Waals surface area contributed by atoms with E-state index in [1.54, 1.807) is 45.4 Å². The highest BCUT2D eigenvalue weighted by molar-refractivity contribution is 6.03. The fraction of sp³-hybridized carbons (Fsp3) is 0.421. The van der Waals surface area contributed by atoms with Crippen molar-refractivity contribution in [3.8, 4) is 11.5 Å². The number of benzene rings is 1. The average Bonchev–Trinajstić information content (AvgIpc) is 2.60. The van der Waals surface area contributed by atoms with E-state index in [9.17, 15) is 4.79 Å². The molecule has 7 nitrogen and oxygen atoms in total. The normalized spacial score (nSPS) is 10.5. The Morgan fingerprint density at radius 1 is 1.12 bits per heavy atom. The number of carbonyl (C=O) groups excluding carboxylic acids is 1. The third kappa shape index (κ3) is 5.34. The Morgan fingerprint density at radius 2 is 1.85 bits per heavy atom. The van der Waals surface area contributed by atoms with Crippen LogP contribution in [0.2, 0.25) is 0 Å². The van der Waals surface area contributed by atoms with Crippen LogP contribution in [0.5, 0.6) is 11.5 Å². The predicted octanol–water partition coefficient (Wildman–Crippen LogP) is 3.51. The molecule has 7 heteroatoms. The van der Waals surface area contributed by atoms with Crippen molar-refractivity contribution in [2.75, 3.05) is 31.4 Å². The largest absolute Gasteiger partial charge is 0.493 e. The van der Waals surface area contributed by atoms with Gasteiger partial charge in [0.25, 0.3) is 5.91 Å². The van der Waals surface area contributed by atoms with Crippen LogP contribution in [0.15, 0.2) is 24.3 Å². The summed E-state index contributed by atoms with van der Waals surface area (Å²) in [6.07, 6.45) is 1.02. The number of rotatable bonds is 8. The molecular weight excluding hydrogens is 332 g/mol. The van der Waals surface area contributed by atoms with Crippen molar-refractivity contribution < 1.29 is 14.3 Å². The molecule has 1 aromatic carbocycles. The van der Waals surface area contributed by atoms with Crippen molar-refractivity contribution in [2.45, 2.75) is 27.2 Å². The Kier molecular flexibility index (Phi) is 6.77. The molecule has 0 aliphatic carbocycles. The number of nitrogens with one attached hydrogen (secondary N) is 2. The van der Waals surface area contributed by atoms with E-state index in [2.05, 4.69) is 34.4 Å². The Bertz CT molecular complexity index is 762. The summed E-state index contributed by atoms with van der Waals surface area (Å²) in [7, 11) is 3.11. The minimum Gasteiger partial charge on any atom is -0.493 e.